The maximum Gasteiger partial charge on any atom is 0.192 e. The second-order valence-corrected chi connectivity index (χ2v) is 12.4. The second kappa shape index (κ2) is 4.50. The van der Waals surface area contributed by atoms with Crippen molar-refractivity contribution < 1.29 is 9.22 Å². The summed E-state index contributed by atoms with van der Waals surface area (Å²) in [4.78, 5) is 11.6. The molecule has 2 nitrogen and oxygen atoms in total. The molecule has 0 saturated heterocycles. The van der Waals surface area contributed by atoms with E-state index in [1.165, 1.54) is 0 Å². The van der Waals surface area contributed by atoms with Gasteiger partial charge in [-0.3, -0.25) is 4.79 Å². The lowest BCUT2D eigenvalue weighted by molar-refractivity contribution is -0.127. The highest BCUT2D eigenvalue weighted by molar-refractivity contribution is 6.74. The van der Waals surface area contributed by atoms with E-state index in [4.69, 9.17) is 4.43 Å². The smallest absolute Gasteiger partial charge is 0.192 e. The number of carbonyl (C=O) groups excluding carboxylic acids is 1. The Bertz CT molecular complexity index is 300. The van der Waals surface area contributed by atoms with Crippen molar-refractivity contribution >= 4 is 14.1 Å². The fraction of sp³-hybridized carbons (Fsp3) is 0.929. The molecule has 1 aliphatic carbocycles. The van der Waals surface area contributed by atoms with E-state index >= 15 is 0 Å². The highest BCUT2D eigenvalue weighted by atomic mass is 28.4. The lowest BCUT2D eigenvalue weighted by Gasteiger charge is -2.46. The molecule has 0 heterocycles. The summed E-state index contributed by atoms with van der Waals surface area (Å²) in [5.74, 6) is 0.369. The first-order valence-corrected chi connectivity index (χ1v) is 9.56. The number of hydrogen-bond donors (Lipinski definition) is 0. The SMILES string of the molecule is CC1(C)CCC(=O)CC1O[Si](C)(C)C(C)(C)C. The van der Waals surface area contributed by atoms with Crippen LogP contribution in [0.2, 0.25) is 18.1 Å². The normalized spacial score (nSPS) is 26.1. The number of ketones is 1. The molecule has 100 valence electrons. The fourth-order valence-corrected chi connectivity index (χ4v) is 3.41. The molecule has 0 amide bonds. The van der Waals surface area contributed by atoms with Crippen molar-refractivity contribution in [3.63, 3.8) is 0 Å². The average Bonchev–Trinajstić information content (AvgIpc) is 2.10. The van der Waals surface area contributed by atoms with Gasteiger partial charge in [-0.1, -0.05) is 34.6 Å². The minimum Gasteiger partial charge on any atom is -0.413 e. The molecule has 0 aromatic rings. The van der Waals surface area contributed by atoms with Gasteiger partial charge in [0.15, 0.2) is 8.32 Å². The summed E-state index contributed by atoms with van der Waals surface area (Å²) in [6.07, 6.45) is 2.42. The third-order valence-corrected chi connectivity index (χ3v) is 9.06. The van der Waals surface area contributed by atoms with Gasteiger partial charge < -0.3 is 4.43 Å². The number of rotatable bonds is 2. The van der Waals surface area contributed by atoms with Crippen molar-refractivity contribution in [1.82, 2.24) is 0 Å². The van der Waals surface area contributed by atoms with E-state index in [0.717, 1.165) is 12.8 Å². The summed E-state index contributed by atoms with van der Waals surface area (Å²) in [7, 11) is -1.76. The van der Waals surface area contributed by atoms with Gasteiger partial charge in [0.05, 0.1) is 6.10 Å². The van der Waals surface area contributed by atoms with Crippen LogP contribution in [0, 0.1) is 5.41 Å². The van der Waals surface area contributed by atoms with Crippen LogP contribution in [0.25, 0.3) is 0 Å². The number of hydrogen-bond acceptors (Lipinski definition) is 2. The maximum atomic E-state index is 11.6. The minimum atomic E-state index is -1.76. The summed E-state index contributed by atoms with van der Waals surface area (Å²) in [6, 6.07) is 0. The van der Waals surface area contributed by atoms with Gasteiger partial charge in [-0.25, -0.2) is 0 Å². The lowest BCUT2D eigenvalue weighted by Crippen LogP contribution is -2.50. The lowest BCUT2D eigenvalue weighted by atomic mass is 9.75. The Morgan fingerprint density at radius 1 is 1.29 bits per heavy atom. The zero-order chi connectivity index (χ0) is 13.5. The highest BCUT2D eigenvalue weighted by Crippen LogP contribution is 2.43. The molecular weight excluding hydrogens is 228 g/mol. The maximum absolute atomic E-state index is 11.6. The molecule has 1 saturated carbocycles. The predicted molar refractivity (Wildman–Crippen MR) is 74.7 cm³/mol. The van der Waals surface area contributed by atoms with E-state index < -0.39 is 8.32 Å². The van der Waals surface area contributed by atoms with Crippen LogP contribution < -0.4 is 0 Å². The summed E-state index contributed by atoms with van der Waals surface area (Å²) in [5.41, 5.74) is 0.142. The van der Waals surface area contributed by atoms with E-state index in [1.807, 2.05) is 0 Å². The topological polar surface area (TPSA) is 26.3 Å². The Morgan fingerprint density at radius 3 is 2.29 bits per heavy atom. The van der Waals surface area contributed by atoms with Crippen LogP contribution in [0.3, 0.4) is 0 Å². The Labute approximate surface area is 107 Å². The van der Waals surface area contributed by atoms with Crippen LogP contribution in [0.15, 0.2) is 0 Å². The number of Topliss-reactive ketones (excluding diaryl/α,β-unsaturated/α-hetero) is 1. The van der Waals surface area contributed by atoms with E-state index in [0.29, 0.717) is 12.2 Å². The minimum absolute atomic E-state index is 0.115. The van der Waals surface area contributed by atoms with Crippen molar-refractivity contribution in [3.8, 4) is 0 Å². The van der Waals surface area contributed by atoms with Gasteiger partial charge in [0, 0.05) is 12.8 Å². The van der Waals surface area contributed by atoms with Crippen molar-refractivity contribution in [1.29, 1.82) is 0 Å². The van der Waals surface area contributed by atoms with Gasteiger partial charge >= 0.3 is 0 Å². The zero-order valence-electron chi connectivity index (χ0n) is 12.5. The fourth-order valence-electron chi connectivity index (χ4n) is 1.94. The van der Waals surface area contributed by atoms with Gasteiger partial charge in [-0.2, -0.15) is 0 Å². The Hall–Kier alpha value is -0.153. The first kappa shape index (κ1) is 14.9. The molecule has 1 rings (SSSR count). The Balaban J connectivity index is 2.82. The number of carbonyl (C=O) groups is 1. The van der Waals surface area contributed by atoms with Gasteiger partial charge in [0.25, 0.3) is 0 Å². The van der Waals surface area contributed by atoms with E-state index in [2.05, 4.69) is 47.7 Å². The molecule has 0 radical (unpaired) electrons. The Morgan fingerprint density at radius 2 is 1.82 bits per heavy atom. The van der Waals surface area contributed by atoms with Crippen LogP contribution in [-0.4, -0.2) is 20.2 Å². The van der Waals surface area contributed by atoms with Crippen molar-refractivity contribution in [2.24, 2.45) is 5.41 Å². The molecule has 17 heavy (non-hydrogen) atoms. The molecule has 0 aromatic heterocycles. The highest BCUT2D eigenvalue weighted by Gasteiger charge is 2.44. The summed E-state index contributed by atoms with van der Waals surface area (Å²) < 4.78 is 6.45. The van der Waals surface area contributed by atoms with Gasteiger partial charge in [-0.15, -0.1) is 0 Å². The average molecular weight is 256 g/mol. The monoisotopic (exact) mass is 256 g/mol. The molecule has 1 atom stereocenters. The van der Waals surface area contributed by atoms with Crippen molar-refractivity contribution in [2.45, 2.75) is 78.1 Å². The molecule has 0 bridgehead atoms. The van der Waals surface area contributed by atoms with Crippen molar-refractivity contribution in [2.75, 3.05) is 0 Å². The molecule has 0 aromatic carbocycles. The molecule has 1 aliphatic rings. The standard InChI is InChI=1S/C14H28O2Si/c1-13(2,3)17(6,7)16-12-10-11(15)8-9-14(12,4)5/h12H,8-10H2,1-7H3. The van der Waals surface area contributed by atoms with Gasteiger partial charge in [-0.05, 0) is 30.0 Å². The molecule has 0 spiro atoms. The zero-order valence-corrected chi connectivity index (χ0v) is 13.5. The van der Waals surface area contributed by atoms with Crippen LogP contribution >= 0.6 is 0 Å². The van der Waals surface area contributed by atoms with Crippen LogP contribution in [0.5, 0.6) is 0 Å². The quantitative estimate of drug-likeness (QED) is 0.694. The third kappa shape index (κ3) is 3.41. The molecule has 0 aliphatic heterocycles. The summed E-state index contributed by atoms with van der Waals surface area (Å²) >= 11 is 0. The molecular formula is C14H28O2Si. The van der Waals surface area contributed by atoms with Crippen molar-refractivity contribution in [3.05, 3.63) is 0 Å². The third-order valence-electron chi connectivity index (χ3n) is 4.58. The van der Waals surface area contributed by atoms with Gasteiger partial charge in [0.2, 0.25) is 0 Å². The van der Waals surface area contributed by atoms with Crippen LogP contribution in [-0.2, 0) is 9.22 Å². The second-order valence-electron chi connectivity index (χ2n) is 7.60. The molecule has 1 unspecified atom stereocenters. The molecule has 1 fully saturated rings. The Kier molecular flexibility index (Phi) is 3.95. The first-order valence-electron chi connectivity index (χ1n) is 6.65. The largest absolute Gasteiger partial charge is 0.413 e. The molecule has 3 heteroatoms. The van der Waals surface area contributed by atoms with Crippen LogP contribution in [0.1, 0.15) is 53.9 Å². The summed E-state index contributed by atoms with van der Waals surface area (Å²) in [6.45, 7) is 15.7. The molecule has 0 N–H and O–H groups in total. The van der Waals surface area contributed by atoms with Crippen LogP contribution in [0.4, 0.5) is 0 Å². The van der Waals surface area contributed by atoms with E-state index in [-0.39, 0.29) is 16.6 Å². The van der Waals surface area contributed by atoms with E-state index in [1.54, 1.807) is 0 Å². The summed E-state index contributed by atoms with van der Waals surface area (Å²) in [5, 5.41) is 0.212. The van der Waals surface area contributed by atoms with Gasteiger partial charge in [0.1, 0.15) is 5.78 Å². The van der Waals surface area contributed by atoms with E-state index in [9.17, 15) is 4.79 Å². The first-order chi connectivity index (χ1) is 7.46. The predicted octanol–water partition coefficient (Wildman–Crippen LogP) is 4.16.